The van der Waals surface area contributed by atoms with Gasteiger partial charge in [0.25, 0.3) is 5.92 Å². The number of rotatable bonds is 5. The molecule has 0 aliphatic rings. The molecular weight excluding hydrogens is 216 g/mol. The number of hydrogen-bond donors (Lipinski definition) is 1. The van der Waals surface area contributed by atoms with Crippen LogP contribution in [0.25, 0.3) is 0 Å². The highest BCUT2D eigenvalue weighted by Crippen LogP contribution is 2.25. The van der Waals surface area contributed by atoms with E-state index in [1.807, 2.05) is 24.3 Å². The van der Waals surface area contributed by atoms with Gasteiger partial charge in [0, 0.05) is 11.8 Å². The Hall–Kier alpha value is -0.610. The summed E-state index contributed by atoms with van der Waals surface area (Å²) in [4.78, 5) is 0.872. The van der Waals surface area contributed by atoms with Crippen molar-refractivity contribution in [3.05, 3.63) is 29.8 Å². The van der Waals surface area contributed by atoms with Gasteiger partial charge in [-0.2, -0.15) is 0 Å². The van der Waals surface area contributed by atoms with Gasteiger partial charge in [-0.3, -0.25) is 0 Å². The lowest BCUT2D eigenvalue weighted by Crippen LogP contribution is -2.12. The third-order valence-electron chi connectivity index (χ3n) is 1.85. The van der Waals surface area contributed by atoms with E-state index in [-0.39, 0.29) is 5.75 Å². The molecule has 15 heavy (non-hydrogen) atoms. The Morgan fingerprint density at radius 3 is 2.33 bits per heavy atom. The average molecular weight is 231 g/mol. The molecule has 0 aliphatic heterocycles. The molecule has 1 aromatic carbocycles. The van der Waals surface area contributed by atoms with Crippen molar-refractivity contribution in [3.63, 3.8) is 0 Å². The predicted molar refractivity (Wildman–Crippen MR) is 60.5 cm³/mol. The Kier molecular flexibility index (Phi) is 4.54. The summed E-state index contributed by atoms with van der Waals surface area (Å²) >= 11 is 1.17. The molecule has 1 rings (SSSR count). The SMILES string of the molecule is CC(F)(F)CSc1ccc(CCN)cc1. The summed E-state index contributed by atoms with van der Waals surface area (Å²) in [5.41, 5.74) is 6.55. The number of alkyl halides is 2. The molecule has 0 saturated heterocycles. The van der Waals surface area contributed by atoms with Crippen LogP contribution in [0.15, 0.2) is 29.2 Å². The average Bonchev–Trinajstić information content (AvgIpc) is 2.16. The van der Waals surface area contributed by atoms with E-state index in [9.17, 15) is 8.78 Å². The molecule has 0 bridgehead atoms. The van der Waals surface area contributed by atoms with E-state index in [2.05, 4.69) is 0 Å². The molecule has 0 fully saturated rings. The summed E-state index contributed by atoms with van der Waals surface area (Å²) in [6, 6.07) is 7.59. The van der Waals surface area contributed by atoms with Crippen molar-refractivity contribution in [2.75, 3.05) is 12.3 Å². The van der Waals surface area contributed by atoms with Crippen LogP contribution in [0.1, 0.15) is 12.5 Å². The molecule has 0 atom stereocenters. The maximum absolute atomic E-state index is 12.6. The van der Waals surface area contributed by atoms with Gasteiger partial charge >= 0.3 is 0 Å². The zero-order valence-electron chi connectivity index (χ0n) is 8.67. The number of halogens is 2. The molecule has 0 amide bonds. The highest BCUT2D eigenvalue weighted by atomic mass is 32.2. The van der Waals surface area contributed by atoms with E-state index in [0.29, 0.717) is 6.54 Å². The summed E-state index contributed by atoms with van der Waals surface area (Å²) < 4.78 is 25.1. The lowest BCUT2D eigenvalue weighted by Gasteiger charge is -2.09. The van der Waals surface area contributed by atoms with Gasteiger partial charge in [0.05, 0.1) is 5.75 Å². The molecule has 1 nitrogen and oxygen atoms in total. The second-order valence-corrected chi connectivity index (χ2v) is 4.59. The Labute approximate surface area is 93.1 Å². The fourth-order valence-electron chi connectivity index (χ4n) is 1.13. The summed E-state index contributed by atoms with van der Waals surface area (Å²) in [6.07, 6.45) is 0.828. The molecule has 4 heteroatoms. The van der Waals surface area contributed by atoms with Gasteiger partial charge in [0.2, 0.25) is 0 Å². The Bertz CT molecular complexity index is 292. The van der Waals surface area contributed by atoms with Gasteiger partial charge in [0.15, 0.2) is 0 Å². The Balaban J connectivity index is 2.50. The van der Waals surface area contributed by atoms with Crippen LogP contribution in [0.2, 0.25) is 0 Å². The molecular formula is C11H15F2NS. The van der Waals surface area contributed by atoms with E-state index in [4.69, 9.17) is 5.73 Å². The second kappa shape index (κ2) is 5.47. The van der Waals surface area contributed by atoms with Crippen molar-refractivity contribution in [3.8, 4) is 0 Å². The first-order chi connectivity index (χ1) is 7.01. The predicted octanol–water partition coefficient (Wildman–Crippen LogP) is 2.94. The fourth-order valence-corrected chi connectivity index (χ4v) is 1.88. The molecule has 0 heterocycles. The maximum atomic E-state index is 12.6. The highest BCUT2D eigenvalue weighted by Gasteiger charge is 2.20. The minimum Gasteiger partial charge on any atom is -0.330 e. The number of nitrogens with two attached hydrogens (primary N) is 1. The van der Waals surface area contributed by atoms with Crippen LogP contribution >= 0.6 is 11.8 Å². The molecule has 0 aliphatic carbocycles. The summed E-state index contributed by atoms with van der Waals surface area (Å²) in [6.45, 7) is 1.54. The Morgan fingerprint density at radius 2 is 1.87 bits per heavy atom. The largest absolute Gasteiger partial charge is 0.330 e. The van der Waals surface area contributed by atoms with E-state index in [1.54, 1.807) is 0 Å². The Morgan fingerprint density at radius 1 is 1.27 bits per heavy atom. The molecule has 0 radical (unpaired) electrons. The van der Waals surface area contributed by atoms with Crippen molar-refractivity contribution >= 4 is 11.8 Å². The normalized spacial score (nSPS) is 11.7. The van der Waals surface area contributed by atoms with E-state index < -0.39 is 5.92 Å². The van der Waals surface area contributed by atoms with Gasteiger partial charge in [0.1, 0.15) is 0 Å². The van der Waals surface area contributed by atoms with Crippen molar-refractivity contribution in [1.82, 2.24) is 0 Å². The van der Waals surface area contributed by atoms with Crippen molar-refractivity contribution in [2.45, 2.75) is 24.2 Å². The van der Waals surface area contributed by atoms with Gasteiger partial charge < -0.3 is 5.73 Å². The molecule has 2 N–H and O–H groups in total. The van der Waals surface area contributed by atoms with Crippen LogP contribution in [0.4, 0.5) is 8.78 Å². The lowest BCUT2D eigenvalue weighted by atomic mass is 10.2. The van der Waals surface area contributed by atoms with Gasteiger partial charge in [-0.15, -0.1) is 11.8 Å². The quantitative estimate of drug-likeness (QED) is 0.788. The van der Waals surface area contributed by atoms with Gasteiger partial charge in [-0.1, -0.05) is 12.1 Å². The third kappa shape index (κ3) is 5.14. The van der Waals surface area contributed by atoms with E-state index >= 15 is 0 Å². The van der Waals surface area contributed by atoms with Crippen LogP contribution < -0.4 is 5.73 Å². The summed E-state index contributed by atoms with van der Waals surface area (Å²) in [5, 5.41) is 0. The third-order valence-corrected chi connectivity index (χ3v) is 3.11. The highest BCUT2D eigenvalue weighted by molar-refractivity contribution is 7.99. The van der Waals surface area contributed by atoms with Gasteiger partial charge in [-0.05, 0) is 30.7 Å². The topological polar surface area (TPSA) is 26.0 Å². The minimum atomic E-state index is -2.61. The molecule has 0 unspecified atom stereocenters. The lowest BCUT2D eigenvalue weighted by molar-refractivity contribution is 0.0492. The van der Waals surface area contributed by atoms with Crippen LogP contribution in [-0.4, -0.2) is 18.2 Å². The van der Waals surface area contributed by atoms with Crippen LogP contribution in [0.3, 0.4) is 0 Å². The summed E-state index contributed by atoms with van der Waals surface area (Å²) in [7, 11) is 0. The maximum Gasteiger partial charge on any atom is 0.254 e. The van der Waals surface area contributed by atoms with Crippen LogP contribution in [-0.2, 0) is 6.42 Å². The zero-order chi connectivity index (χ0) is 11.3. The van der Waals surface area contributed by atoms with Crippen molar-refractivity contribution in [2.24, 2.45) is 5.73 Å². The van der Waals surface area contributed by atoms with Crippen molar-refractivity contribution < 1.29 is 8.78 Å². The van der Waals surface area contributed by atoms with Crippen LogP contribution in [0.5, 0.6) is 0 Å². The van der Waals surface area contributed by atoms with Crippen LogP contribution in [0, 0.1) is 0 Å². The summed E-state index contributed by atoms with van der Waals surface area (Å²) in [5.74, 6) is -2.79. The standard InChI is InChI=1S/C11H15F2NS/c1-11(12,13)8-15-10-4-2-9(3-5-10)6-7-14/h2-5H,6-8,14H2,1H3. The molecule has 0 spiro atoms. The number of hydrogen-bond acceptors (Lipinski definition) is 2. The first-order valence-electron chi connectivity index (χ1n) is 4.81. The smallest absolute Gasteiger partial charge is 0.254 e. The monoisotopic (exact) mass is 231 g/mol. The molecule has 0 aromatic heterocycles. The molecule has 0 saturated carbocycles. The zero-order valence-corrected chi connectivity index (χ0v) is 9.49. The molecule has 84 valence electrons. The first kappa shape index (κ1) is 12.5. The second-order valence-electron chi connectivity index (χ2n) is 3.54. The molecule has 1 aromatic rings. The van der Waals surface area contributed by atoms with Gasteiger partial charge in [-0.25, -0.2) is 8.78 Å². The van der Waals surface area contributed by atoms with E-state index in [1.165, 1.54) is 11.8 Å². The van der Waals surface area contributed by atoms with E-state index in [0.717, 1.165) is 23.8 Å². The number of thioether (sulfide) groups is 1. The number of benzene rings is 1. The minimum absolute atomic E-state index is 0.177. The first-order valence-corrected chi connectivity index (χ1v) is 5.79. The van der Waals surface area contributed by atoms with Crippen molar-refractivity contribution in [1.29, 1.82) is 0 Å². The fraction of sp³-hybridized carbons (Fsp3) is 0.455.